The molecule has 0 amide bonds. The minimum atomic E-state index is -4.31. The molecule has 0 aromatic heterocycles. The van der Waals surface area contributed by atoms with Crippen LogP contribution < -0.4 is 0 Å². The van der Waals surface area contributed by atoms with Crippen molar-refractivity contribution in [3.8, 4) is 11.1 Å². The first-order chi connectivity index (χ1) is 15.9. The third-order valence-electron chi connectivity index (χ3n) is 6.37. The zero-order chi connectivity index (χ0) is 23.3. The first-order valence-corrected chi connectivity index (χ1v) is 11.4. The molecule has 3 aromatic rings. The molecular weight excluding hydrogens is 421 g/mol. The van der Waals surface area contributed by atoms with E-state index < -0.39 is 11.7 Å². The van der Waals surface area contributed by atoms with E-state index in [0.717, 1.165) is 56.0 Å². The summed E-state index contributed by atoms with van der Waals surface area (Å²) in [5, 5.41) is 0. The highest BCUT2D eigenvalue weighted by molar-refractivity contribution is 5.64. The Labute approximate surface area is 194 Å². The van der Waals surface area contributed by atoms with Crippen LogP contribution in [0.5, 0.6) is 0 Å². The lowest BCUT2D eigenvalue weighted by molar-refractivity contribution is -0.137. The second kappa shape index (κ2) is 10.4. The van der Waals surface area contributed by atoms with Gasteiger partial charge in [-0.25, -0.2) is 0 Å². The fraction of sp³-hybridized carbons (Fsp3) is 0.286. The molecule has 1 aliphatic rings. The van der Waals surface area contributed by atoms with E-state index in [9.17, 15) is 13.2 Å². The van der Waals surface area contributed by atoms with Crippen LogP contribution in [0.2, 0.25) is 0 Å². The molecular formula is C28H29F3N2. The van der Waals surface area contributed by atoms with Gasteiger partial charge < -0.3 is 0 Å². The van der Waals surface area contributed by atoms with Crippen LogP contribution in [0.15, 0.2) is 84.9 Å². The molecule has 0 saturated carbocycles. The van der Waals surface area contributed by atoms with Crippen molar-refractivity contribution in [1.29, 1.82) is 0 Å². The maximum Gasteiger partial charge on any atom is 0.416 e. The van der Waals surface area contributed by atoms with E-state index in [2.05, 4.69) is 65.3 Å². The zero-order valence-electron chi connectivity index (χ0n) is 18.8. The van der Waals surface area contributed by atoms with Gasteiger partial charge in [-0.3, -0.25) is 9.80 Å². The molecule has 1 fully saturated rings. The van der Waals surface area contributed by atoms with Crippen LogP contribution in [0.1, 0.15) is 29.7 Å². The first kappa shape index (κ1) is 23.3. The third kappa shape index (κ3) is 6.12. The summed E-state index contributed by atoms with van der Waals surface area (Å²) in [7, 11) is 0. The summed E-state index contributed by atoms with van der Waals surface area (Å²) >= 11 is 0. The van der Waals surface area contributed by atoms with Gasteiger partial charge in [-0.2, -0.15) is 13.2 Å². The summed E-state index contributed by atoms with van der Waals surface area (Å²) in [6.45, 7) is 7.28. The quantitative estimate of drug-likeness (QED) is 0.409. The van der Waals surface area contributed by atoms with Crippen LogP contribution >= 0.6 is 0 Å². The van der Waals surface area contributed by atoms with Gasteiger partial charge in [0.2, 0.25) is 0 Å². The molecule has 1 heterocycles. The first-order valence-electron chi connectivity index (χ1n) is 11.4. The van der Waals surface area contributed by atoms with Crippen LogP contribution in [-0.4, -0.2) is 42.5 Å². The number of halogens is 3. The highest BCUT2D eigenvalue weighted by atomic mass is 19.4. The number of piperazine rings is 1. The minimum absolute atomic E-state index is 0.300. The monoisotopic (exact) mass is 450 g/mol. The molecule has 1 atom stereocenters. The van der Waals surface area contributed by atoms with Crippen LogP contribution in [0.3, 0.4) is 0 Å². The maximum atomic E-state index is 12.8. The van der Waals surface area contributed by atoms with Gasteiger partial charge in [-0.1, -0.05) is 78.9 Å². The molecule has 1 aliphatic heterocycles. The Morgan fingerprint density at radius 2 is 1.36 bits per heavy atom. The summed E-state index contributed by atoms with van der Waals surface area (Å²) in [4.78, 5) is 4.96. The summed E-state index contributed by atoms with van der Waals surface area (Å²) in [5.74, 6) is 0. The van der Waals surface area contributed by atoms with E-state index in [1.165, 1.54) is 23.3 Å². The fourth-order valence-corrected chi connectivity index (χ4v) is 4.25. The van der Waals surface area contributed by atoms with Gasteiger partial charge in [0.1, 0.15) is 0 Å². The molecule has 33 heavy (non-hydrogen) atoms. The molecule has 1 saturated heterocycles. The summed E-state index contributed by atoms with van der Waals surface area (Å²) in [6.07, 6.45) is 0.0988. The van der Waals surface area contributed by atoms with Crippen molar-refractivity contribution in [1.82, 2.24) is 9.80 Å². The smallest absolute Gasteiger partial charge is 0.297 e. The Kier molecular flexibility index (Phi) is 7.31. The number of benzene rings is 3. The number of hydrogen-bond donors (Lipinski definition) is 0. The summed E-state index contributed by atoms with van der Waals surface area (Å²) < 4.78 is 38.4. The normalized spacial score (nSPS) is 16.8. The predicted octanol–water partition coefficient (Wildman–Crippen LogP) is 6.76. The standard InChI is InChI=1S/C28H29F3N2/c1-22(33-20-18-32(19-21-33)17-5-8-23-6-3-2-4-7-23)24-9-11-25(12-10-24)26-13-15-27(16-14-26)28(29,30)31/h2-16,22H,17-21H2,1H3/b8-5+. The van der Waals surface area contributed by atoms with E-state index >= 15 is 0 Å². The Hall–Kier alpha value is -2.89. The van der Waals surface area contributed by atoms with Crippen LogP contribution in [0.4, 0.5) is 13.2 Å². The third-order valence-corrected chi connectivity index (χ3v) is 6.37. The highest BCUT2D eigenvalue weighted by Gasteiger charge is 2.30. The molecule has 5 heteroatoms. The SMILES string of the molecule is CC(c1ccc(-c2ccc(C(F)(F)F)cc2)cc1)N1CCN(C/C=C/c2ccccc2)CC1. The molecule has 0 N–H and O–H groups in total. The molecule has 0 aliphatic carbocycles. The topological polar surface area (TPSA) is 6.48 Å². The Bertz CT molecular complexity index is 1030. The highest BCUT2D eigenvalue weighted by Crippen LogP contribution is 2.31. The van der Waals surface area contributed by atoms with Crippen molar-refractivity contribution in [2.75, 3.05) is 32.7 Å². The molecule has 172 valence electrons. The van der Waals surface area contributed by atoms with Gasteiger partial charge in [-0.05, 0) is 41.3 Å². The number of nitrogens with zero attached hydrogens (tertiary/aromatic N) is 2. The largest absolute Gasteiger partial charge is 0.416 e. The molecule has 3 aromatic carbocycles. The Morgan fingerprint density at radius 1 is 0.788 bits per heavy atom. The Balaban J connectivity index is 1.30. The van der Waals surface area contributed by atoms with Crippen LogP contribution in [0, 0.1) is 0 Å². The van der Waals surface area contributed by atoms with E-state index in [4.69, 9.17) is 0 Å². The van der Waals surface area contributed by atoms with Crippen LogP contribution in [-0.2, 0) is 6.18 Å². The van der Waals surface area contributed by atoms with Crippen LogP contribution in [0.25, 0.3) is 17.2 Å². The second-order valence-electron chi connectivity index (χ2n) is 8.52. The minimum Gasteiger partial charge on any atom is -0.297 e. The van der Waals surface area contributed by atoms with Crippen molar-refractivity contribution >= 4 is 6.08 Å². The lowest BCUT2D eigenvalue weighted by Gasteiger charge is -2.38. The van der Waals surface area contributed by atoms with Gasteiger partial charge in [-0.15, -0.1) is 0 Å². The van der Waals surface area contributed by atoms with Gasteiger partial charge in [0.25, 0.3) is 0 Å². The van der Waals surface area contributed by atoms with Crippen molar-refractivity contribution in [2.45, 2.75) is 19.1 Å². The number of hydrogen-bond acceptors (Lipinski definition) is 2. The Morgan fingerprint density at radius 3 is 1.94 bits per heavy atom. The predicted molar refractivity (Wildman–Crippen MR) is 129 cm³/mol. The molecule has 1 unspecified atom stereocenters. The van der Waals surface area contributed by atoms with E-state index in [-0.39, 0.29) is 0 Å². The molecule has 0 spiro atoms. The van der Waals surface area contributed by atoms with E-state index in [0.29, 0.717) is 6.04 Å². The zero-order valence-corrected chi connectivity index (χ0v) is 18.8. The van der Waals surface area contributed by atoms with Gasteiger partial charge in [0, 0.05) is 38.8 Å². The maximum absolute atomic E-state index is 12.8. The van der Waals surface area contributed by atoms with Gasteiger partial charge >= 0.3 is 6.18 Å². The van der Waals surface area contributed by atoms with Crippen molar-refractivity contribution < 1.29 is 13.2 Å². The van der Waals surface area contributed by atoms with E-state index in [1.807, 2.05) is 18.2 Å². The van der Waals surface area contributed by atoms with Crippen molar-refractivity contribution in [2.24, 2.45) is 0 Å². The van der Waals surface area contributed by atoms with Gasteiger partial charge in [0.05, 0.1) is 5.56 Å². The lowest BCUT2D eigenvalue weighted by atomic mass is 9.99. The average Bonchev–Trinajstić information content (AvgIpc) is 2.84. The van der Waals surface area contributed by atoms with Crippen molar-refractivity contribution in [3.05, 3.63) is 102 Å². The molecule has 0 radical (unpaired) electrons. The fourth-order valence-electron chi connectivity index (χ4n) is 4.25. The van der Waals surface area contributed by atoms with E-state index in [1.54, 1.807) is 0 Å². The number of rotatable bonds is 6. The molecule has 4 rings (SSSR count). The lowest BCUT2D eigenvalue weighted by Crippen LogP contribution is -2.47. The van der Waals surface area contributed by atoms with Gasteiger partial charge in [0.15, 0.2) is 0 Å². The molecule has 0 bridgehead atoms. The van der Waals surface area contributed by atoms with Crippen molar-refractivity contribution in [3.63, 3.8) is 0 Å². The average molecular weight is 451 g/mol. The molecule has 2 nitrogen and oxygen atoms in total. The summed E-state index contributed by atoms with van der Waals surface area (Å²) in [6, 6.07) is 24.2. The number of alkyl halides is 3. The second-order valence-corrected chi connectivity index (χ2v) is 8.52. The summed E-state index contributed by atoms with van der Waals surface area (Å²) in [5.41, 5.74) is 3.55.